The minimum Gasteiger partial charge on any atom is -0.497 e. The van der Waals surface area contributed by atoms with Gasteiger partial charge in [-0.1, -0.05) is 30.3 Å². The van der Waals surface area contributed by atoms with Gasteiger partial charge in [-0.2, -0.15) is 0 Å². The Morgan fingerprint density at radius 3 is 2.47 bits per heavy atom. The first-order valence-corrected chi connectivity index (χ1v) is 11.1. The third kappa shape index (κ3) is 5.58. The van der Waals surface area contributed by atoms with E-state index in [-0.39, 0.29) is 36.2 Å². The number of benzene rings is 2. The normalized spacial score (nSPS) is 16.5. The molecule has 1 aliphatic rings. The molecule has 1 saturated heterocycles. The lowest BCUT2D eigenvalue weighted by atomic mass is 10.1. The average Bonchev–Trinajstić information content (AvgIpc) is 3.12. The van der Waals surface area contributed by atoms with Crippen LogP contribution in [0.5, 0.6) is 5.75 Å². The van der Waals surface area contributed by atoms with E-state index in [1.165, 1.54) is 19.2 Å². The fourth-order valence-corrected chi connectivity index (χ4v) is 4.29. The Bertz CT molecular complexity index is 977. The monoisotopic (exact) mass is 431 g/mol. The van der Waals surface area contributed by atoms with Gasteiger partial charge in [0.15, 0.2) is 0 Å². The summed E-state index contributed by atoms with van der Waals surface area (Å²) < 4.78 is 32.0. The maximum absolute atomic E-state index is 12.4. The van der Waals surface area contributed by atoms with Crippen LogP contribution in [0, 0.1) is 5.92 Å². The molecule has 0 bridgehead atoms. The highest BCUT2D eigenvalue weighted by molar-refractivity contribution is 7.89. The molecule has 0 saturated carbocycles. The average molecular weight is 432 g/mol. The smallest absolute Gasteiger partial charge is 0.240 e. The first-order chi connectivity index (χ1) is 14.4. The molecule has 9 heteroatoms. The first kappa shape index (κ1) is 21.8. The second-order valence-corrected chi connectivity index (χ2v) is 8.79. The van der Waals surface area contributed by atoms with E-state index in [0.717, 1.165) is 5.56 Å². The minimum absolute atomic E-state index is 0.0501. The van der Waals surface area contributed by atoms with Crippen LogP contribution in [0.2, 0.25) is 0 Å². The van der Waals surface area contributed by atoms with Crippen molar-refractivity contribution < 1.29 is 22.7 Å². The van der Waals surface area contributed by atoms with Gasteiger partial charge in [0.1, 0.15) is 5.75 Å². The Labute approximate surface area is 176 Å². The number of amides is 2. The van der Waals surface area contributed by atoms with Gasteiger partial charge >= 0.3 is 0 Å². The molecule has 0 radical (unpaired) electrons. The lowest BCUT2D eigenvalue weighted by Crippen LogP contribution is -2.38. The molecule has 1 unspecified atom stereocenters. The van der Waals surface area contributed by atoms with E-state index < -0.39 is 15.9 Å². The number of rotatable bonds is 9. The molecular weight excluding hydrogens is 406 g/mol. The van der Waals surface area contributed by atoms with E-state index in [0.29, 0.717) is 18.8 Å². The number of methoxy groups -OCH3 is 1. The minimum atomic E-state index is -3.67. The lowest BCUT2D eigenvalue weighted by Gasteiger charge is -2.16. The number of likely N-dealkylation sites (tertiary alicyclic amines) is 1. The number of carbonyl (C=O) groups excluding carboxylic acids is 2. The molecule has 2 aromatic carbocycles. The van der Waals surface area contributed by atoms with Gasteiger partial charge in [0.2, 0.25) is 21.8 Å². The van der Waals surface area contributed by atoms with Crippen LogP contribution in [0.1, 0.15) is 12.0 Å². The van der Waals surface area contributed by atoms with Crippen LogP contribution >= 0.6 is 0 Å². The Balaban J connectivity index is 1.43. The molecule has 1 fully saturated rings. The summed E-state index contributed by atoms with van der Waals surface area (Å²) in [5, 5.41) is 2.71. The third-order valence-corrected chi connectivity index (χ3v) is 6.36. The van der Waals surface area contributed by atoms with E-state index in [4.69, 9.17) is 4.74 Å². The van der Waals surface area contributed by atoms with E-state index in [2.05, 4.69) is 10.0 Å². The Morgan fingerprint density at radius 2 is 1.80 bits per heavy atom. The lowest BCUT2D eigenvalue weighted by molar-refractivity contribution is -0.129. The van der Waals surface area contributed by atoms with Gasteiger partial charge in [-0.3, -0.25) is 9.59 Å². The summed E-state index contributed by atoms with van der Waals surface area (Å²) >= 11 is 0. The number of hydrogen-bond donors (Lipinski definition) is 2. The fourth-order valence-electron chi connectivity index (χ4n) is 3.26. The highest BCUT2D eigenvalue weighted by Crippen LogP contribution is 2.20. The van der Waals surface area contributed by atoms with Crippen LogP contribution < -0.4 is 14.8 Å². The van der Waals surface area contributed by atoms with Gasteiger partial charge in [0, 0.05) is 32.6 Å². The zero-order valence-electron chi connectivity index (χ0n) is 16.7. The fraction of sp³-hybridized carbons (Fsp3) is 0.333. The van der Waals surface area contributed by atoms with Crippen molar-refractivity contribution in [1.82, 2.24) is 14.9 Å². The Hall–Kier alpha value is -2.91. The molecule has 0 aliphatic carbocycles. The molecule has 1 heterocycles. The summed E-state index contributed by atoms with van der Waals surface area (Å²) in [6.45, 7) is 1.02. The zero-order chi connectivity index (χ0) is 21.6. The molecule has 160 valence electrons. The van der Waals surface area contributed by atoms with E-state index in [1.807, 2.05) is 30.3 Å². The topological polar surface area (TPSA) is 105 Å². The van der Waals surface area contributed by atoms with Crippen LogP contribution in [0.4, 0.5) is 0 Å². The Kier molecular flexibility index (Phi) is 7.07. The van der Waals surface area contributed by atoms with Crippen molar-refractivity contribution in [2.45, 2.75) is 17.9 Å². The molecule has 2 N–H and O–H groups in total. The summed E-state index contributed by atoms with van der Waals surface area (Å²) in [5.41, 5.74) is 1.01. The molecule has 1 atom stereocenters. The summed E-state index contributed by atoms with van der Waals surface area (Å²) in [7, 11) is -2.17. The molecular formula is C21H25N3O5S. The SMILES string of the molecule is COc1ccc(S(=O)(=O)NCCNC(=O)C2CC(=O)N(Cc3ccccc3)C2)cc1. The van der Waals surface area contributed by atoms with Crippen molar-refractivity contribution in [3.63, 3.8) is 0 Å². The van der Waals surface area contributed by atoms with Crippen molar-refractivity contribution in [3.05, 3.63) is 60.2 Å². The number of nitrogens with one attached hydrogen (secondary N) is 2. The molecule has 2 aromatic rings. The summed E-state index contributed by atoms with van der Waals surface area (Å²) in [6, 6.07) is 15.6. The van der Waals surface area contributed by atoms with Crippen LogP contribution in [0.25, 0.3) is 0 Å². The number of hydrogen-bond acceptors (Lipinski definition) is 5. The van der Waals surface area contributed by atoms with E-state index >= 15 is 0 Å². The molecule has 1 aliphatic heterocycles. The van der Waals surface area contributed by atoms with Gasteiger partial charge in [-0.25, -0.2) is 13.1 Å². The first-order valence-electron chi connectivity index (χ1n) is 9.62. The van der Waals surface area contributed by atoms with Gasteiger partial charge in [0.05, 0.1) is 17.9 Å². The van der Waals surface area contributed by atoms with Crippen molar-refractivity contribution in [2.75, 3.05) is 26.7 Å². The van der Waals surface area contributed by atoms with Crippen LogP contribution in [-0.4, -0.2) is 51.9 Å². The second kappa shape index (κ2) is 9.73. The maximum atomic E-state index is 12.4. The van der Waals surface area contributed by atoms with Crippen LogP contribution in [-0.2, 0) is 26.2 Å². The predicted octanol–water partition coefficient (Wildman–Crippen LogP) is 1.14. The predicted molar refractivity (Wildman–Crippen MR) is 111 cm³/mol. The van der Waals surface area contributed by atoms with Crippen molar-refractivity contribution in [2.24, 2.45) is 5.92 Å². The molecule has 8 nitrogen and oxygen atoms in total. The quantitative estimate of drug-likeness (QED) is 0.580. The number of ether oxygens (including phenoxy) is 1. The van der Waals surface area contributed by atoms with Crippen molar-refractivity contribution in [1.29, 1.82) is 0 Å². The molecule has 3 rings (SSSR count). The van der Waals surface area contributed by atoms with Crippen LogP contribution in [0.3, 0.4) is 0 Å². The van der Waals surface area contributed by atoms with E-state index in [9.17, 15) is 18.0 Å². The third-order valence-electron chi connectivity index (χ3n) is 4.89. The maximum Gasteiger partial charge on any atom is 0.240 e. The van der Waals surface area contributed by atoms with Gasteiger partial charge in [0.25, 0.3) is 0 Å². The van der Waals surface area contributed by atoms with Crippen molar-refractivity contribution in [3.8, 4) is 5.75 Å². The molecule has 2 amide bonds. The largest absolute Gasteiger partial charge is 0.497 e. The molecule has 0 spiro atoms. The summed E-state index contributed by atoms with van der Waals surface area (Å²) in [5.74, 6) is -0.171. The molecule has 0 aromatic heterocycles. The number of nitrogens with zero attached hydrogens (tertiary/aromatic N) is 1. The summed E-state index contributed by atoms with van der Waals surface area (Å²) in [6.07, 6.45) is 0.163. The van der Waals surface area contributed by atoms with Gasteiger partial charge < -0.3 is 15.0 Å². The van der Waals surface area contributed by atoms with Crippen molar-refractivity contribution >= 4 is 21.8 Å². The van der Waals surface area contributed by atoms with Crippen LogP contribution in [0.15, 0.2) is 59.5 Å². The summed E-state index contributed by atoms with van der Waals surface area (Å²) in [4.78, 5) is 26.4. The van der Waals surface area contributed by atoms with E-state index in [1.54, 1.807) is 17.0 Å². The standard InChI is InChI=1S/C21H25N3O5S/c1-29-18-7-9-19(10-8-18)30(27,28)23-12-11-22-21(26)17-13-20(25)24(15-17)14-16-5-3-2-4-6-16/h2-10,17,23H,11-15H2,1H3,(H,22,26). The highest BCUT2D eigenvalue weighted by Gasteiger charge is 2.34. The second-order valence-electron chi connectivity index (χ2n) is 7.03. The highest BCUT2D eigenvalue weighted by atomic mass is 32.2. The van der Waals surface area contributed by atoms with Gasteiger partial charge in [-0.15, -0.1) is 0 Å². The zero-order valence-corrected chi connectivity index (χ0v) is 17.5. The van der Waals surface area contributed by atoms with Gasteiger partial charge in [-0.05, 0) is 29.8 Å². The molecule has 30 heavy (non-hydrogen) atoms. The Morgan fingerprint density at radius 1 is 1.10 bits per heavy atom. The number of sulfonamides is 1. The number of carbonyl (C=O) groups is 2.